The maximum absolute atomic E-state index is 12.6. The summed E-state index contributed by atoms with van der Waals surface area (Å²) in [5.74, 6) is -0.184. The van der Waals surface area contributed by atoms with Gasteiger partial charge in [0.1, 0.15) is 0 Å². The molecule has 31 heavy (non-hydrogen) atoms. The number of carbonyl (C=O) groups excluding carboxylic acids is 1. The van der Waals surface area contributed by atoms with Crippen LogP contribution in [0.4, 0.5) is 0 Å². The molecule has 3 aromatic carbocycles. The largest absolute Gasteiger partial charge is 0.273 e. The summed E-state index contributed by atoms with van der Waals surface area (Å²) in [6.45, 7) is 0.452. The van der Waals surface area contributed by atoms with Gasteiger partial charge in [-0.2, -0.15) is 0 Å². The number of nitrogens with zero attached hydrogens (tertiary/aromatic N) is 3. The molecule has 0 unspecified atom stereocenters. The van der Waals surface area contributed by atoms with Crippen molar-refractivity contribution in [2.24, 2.45) is 5.11 Å². The van der Waals surface area contributed by atoms with Gasteiger partial charge in [0.15, 0.2) is 5.60 Å². The SMILES string of the molecule is [N-]=[N+]=NCCCCCC(=O)NOC(c1ccccc1)(c1ccccc1)c1ccccc1. The number of amides is 1. The van der Waals surface area contributed by atoms with E-state index in [-0.39, 0.29) is 5.91 Å². The number of benzene rings is 3. The third kappa shape index (κ3) is 5.72. The molecule has 0 aliphatic rings. The minimum absolute atomic E-state index is 0.184. The first-order chi connectivity index (χ1) is 15.3. The fourth-order valence-corrected chi connectivity index (χ4v) is 3.57. The average Bonchev–Trinajstić information content (AvgIpc) is 2.84. The van der Waals surface area contributed by atoms with Crippen LogP contribution < -0.4 is 5.48 Å². The van der Waals surface area contributed by atoms with Crippen LogP contribution in [-0.2, 0) is 15.2 Å². The Balaban J connectivity index is 1.85. The Morgan fingerprint density at radius 2 is 1.29 bits per heavy atom. The van der Waals surface area contributed by atoms with Gasteiger partial charge >= 0.3 is 0 Å². The summed E-state index contributed by atoms with van der Waals surface area (Å²) in [6, 6.07) is 29.7. The van der Waals surface area contributed by atoms with E-state index in [1.54, 1.807) is 0 Å². The van der Waals surface area contributed by atoms with Crippen LogP contribution >= 0.6 is 0 Å². The average molecular weight is 415 g/mol. The van der Waals surface area contributed by atoms with Gasteiger partial charge in [0.05, 0.1) is 0 Å². The summed E-state index contributed by atoms with van der Waals surface area (Å²) in [7, 11) is 0. The zero-order valence-electron chi connectivity index (χ0n) is 17.4. The molecule has 1 amide bonds. The summed E-state index contributed by atoms with van der Waals surface area (Å²) in [5.41, 5.74) is 12.8. The Morgan fingerprint density at radius 3 is 1.74 bits per heavy atom. The predicted octanol–water partition coefficient (Wildman–Crippen LogP) is 5.90. The monoisotopic (exact) mass is 414 g/mol. The van der Waals surface area contributed by atoms with Gasteiger partial charge in [-0.15, -0.1) is 0 Å². The molecule has 0 aliphatic carbocycles. The highest BCUT2D eigenvalue weighted by Crippen LogP contribution is 2.39. The van der Waals surface area contributed by atoms with Gasteiger partial charge in [0.25, 0.3) is 0 Å². The number of azide groups is 1. The lowest BCUT2D eigenvalue weighted by Gasteiger charge is -2.35. The van der Waals surface area contributed by atoms with Crippen LogP contribution in [0.15, 0.2) is 96.1 Å². The lowest BCUT2D eigenvalue weighted by atomic mass is 9.80. The first-order valence-corrected chi connectivity index (χ1v) is 10.4. The van der Waals surface area contributed by atoms with E-state index < -0.39 is 5.60 Å². The lowest BCUT2D eigenvalue weighted by molar-refractivity contribution is -0.143. The molecule has 3 aromatic rings. The quantitative estimate of drug-likeness (QED) is 0.106. The number of rotatable bonds is 11. The van der Waals surface area contributed by atoms with Gasteiger partial charge < -0.3 is 0 Å². The van der Waals surface area contributed by atoms with Crippen molar-refractivity contribution in [3.05, 3.63) is 118 Å². The Labute approximate surface area is 182 Å². The van der Waals surface area contributed by atoms with Crippen LogP contribution in [0, 0.1) is 0 Å². The van der Waals surface area contributed by atoms with Crippen molar-refractivity contribution in [3.8, 4) is 0 Å². The number of unbranched alkanes of at least 4 members (excludes halogenated alkanes) is 2. The van der Waals surface area contributed by atoms with Crippen molar-refractivity contribution in [2.75, 3.05) is 6.54 Å². The van der Waals surface area contributed by atoms with Crippen LogP contribution in [-0.4, -0.2) is 12.5 Å². The van der Waals surface area contributed by atoms with Gasteiger partial charge in [0.2, 0.25) is 5.91 Å². The second-order valence-electron chi connectivity index (χ2n) is 7.17. The molecule has 1 N–H and O–H groups in total. The fourth-order valence-electron chi connectivity index (χ4n) is 3.57. The van der Waals surface area contributed by atoms with Crippen LogP contribution in [0.3, 0.4) is 0 Å². The maximum Gasteiger partial charge on any atom is 0.243 e. The van der Waals surface area contributed by atoms with Gasteiger partial charge in [-0.3, -0.25) is 9.63 Å². The molecule has 0 bridgehead atoms. The van der Waals surface area contributed by atoms with Crippen molar-refractivity contribution < 1.29 is 9.63 Å². The zero-order valence-corrected chi connectivity index (χ0v) is 17.4. The van der Waals surface area contributed by atoms with Crippen LogP contribution in [0.5, 0.6) is 0 Å². The molecule has 158 valence electrons. The molecule has 0 heterocycles. The van der Waals surface area contributed by atoms with Crippen LogP contribution in [0.25, 0.3) is 10.4 Å². The molecule has 0 saturated heterocycles. The van der Waals surface area contributed by atoms with Gasteiger partial charge in [-0.05, 0) is 35.1 Å². The molecule has 0 spiro atoms. The normalized spacial score (nSPS) is 10.8. The molecule has 0 aliphatic heterocycles. The van der Waals surface area contributed by atoms with E-state index in [1.165, 1.54) is 0 Å². The highest BCUT2D eigenvalue weighted by Gasteiger charge is 2.38. The number of nitrogens with one attached hydrogen (secondary N) is 1. The molecular weight excluding hydrogens is 388 g/mol. The number of carbonyl (C=O) groups is 1. The number of hydroxylamine groups is 1. The summed E-state index contributed by atoms with van der Waals surface area (Å²) >= 11 is 0. The number of hydrogen-bond acceptors (Lipinski definition) is 3. The summed E-state index contributed by atoms with van der Waals surface area (Å²) < 4.78 is 0. The summed E-state index contributed by atoms with van der Waals surface area (Å²) in [4.78, 5) is 21.6. The molecule has 0 atom stereocenters. The highest BCUT2D eigenvalue weighted by atomic mass is 16.7. The fraction of sp³-hybridized carbons (Fsp3) is 0.240. The van der Waals surface area contributed by atoms with Crippen LogP contribution in [0.1, 0.15) is 42.4 Å². The molecule has 0 fully saturated rings. The summed E-state index contributed by atoms with van der Waals surface area (Å²) in [5, 5.41) is 3.51. The van der Waals surface area contributed by atoms with E-state index in [0.717, 1.165) is 29.5 Å². The minimum Gasteiger partial charge on any atom is -0.273 e. The van der Waals surface area contributed by atoms with Crippen LogP contribution in [0.2, 0.25) is 0 Å². The second kappa shape index (κ2) is 11.6. The molecule has 0 saturated carbocycles. The van der Waals surface area contributed by atoms with E-state index in [0.29, 0.717) is 19.4 Å². The molecule has 6 heteroatoms. The Morgan fingerprint density at radius 1 is 0.806 bits per heavy atom. The standard InChI is InChI=1S/C25H26N4O2/c26-29-27-20-12-4-11-19-24(30)28-31-25(21-13-5-1-6-14-21,22-15-7-2-8-16-22)23-17-9-3-10-18-23/h1-3,5-10,13-18H,4,11-12,19-20H2,(H,28,30). The molecule has 0 aromatic heterocycles. The van der Waals surface area contributed by atoms with Crippen molar-refractivity contribution in [2.45, 2.75) is 31.3 Å². The maximum atomic E-state index is 12.6. The van der Waals surface area contributed by atoms with E-state index in [9.17, 15) is 4.79 Å². The molecular formula is C25H26N4O2. The summed E-state index contributed by atoms with van der Waals surface area (Å²) in [6.07, 6.45) is 2.61. The van der Waals surface area contributed by atoms with E-state index in [2.05, 4.69) is 15.5 Å². The Hall–Kier alpha value is -3.60. The van der Waals surface area contributed by atoms with Crippen molar-refractivity contribution in [1.82, 2.24) is 5.48 Å². The lowest BCUT2D eigenvalue weighted by Crippen LogP contribution is -2.40. The van der Waals surface area contributed by atoms with Crippen molar-refractivity contribution in [1.29, 1.82) is 0 Å². The zero-order chi connectivity index (χ0) is 21.8. The van der Waals surface area contributed by atoms with E-state index in [4.69, 9.17) is 10.4 Å². The minimum atomic E-state index is -0.985. The second-order valence-corrected chi connectivity index (χ2v) is 7.17. The predicted molar refractivity (Wildman–Crippen MR) is 121 cm³/mol. The smallest absolute Gasteiger partial charge is 0.243 e. The first kappa shape index (κ1) is 22.1. The Kier molecular flexibility index (Phi) is 8.23. The van der Waals surface area contributed by atoms with E-state index >= 15 is 0 Å². The topological polar surface area (TPSA) is 87.1 Å². The van der Waals surface area contributed by atoms with Gasteiger partial charge in [0, 0.05) is 17.9 Å². The highest BCUT2D eigenvalue weighted by molar-refractivity contribution is 5.74. The molecule has 6 nitrogen and oxygen atoms in total. The van der Waals surface area contributed by atoms with E-state index in [1.807, 2.05) is 91.0 Å². The third-order valence-electron chi connectivity index (χ3n) is 5.08. The third-order valence-corrected chi connectivity index (χ3v) is 5.08. The molecule has 0 radical (unpaired) electrons. The van der Waals surface area contributed by atoms with Gasteiger partial charge in [-0.25, -0.2) is 5.48 Å². The number of hydrogen-bond donors (Lipinski definition) is 1. The molecule has 3 rings (SSSR count). The Bertz CT molecular complexity index is 891. The van der Waals surface area contributed by atoms with Gasteiger partial charge in [-0.1, -0.05) is 103 Å². The first-order valence-electron chi connectivity index (χ1n) is 10.4. The van der Waals surface area contributed by atoms with Crippen molar-refractivity contribution in [3.63, 3.8) is 0 Å². The van der Waals surface area contributed by atoms with Crippen molar-refractivity contribution >= 4 is 5.91 Å².